The first-order chi connectivity index (χ1) is 15.3. The molecule has 0 heterocycles. The predicted molar refractivity (Wildman–Crippen MR) is 128 cm³/mol. The highest BCUT2D eigenvalue weighted by Crippen LogP contribution is 2.23. The van der Waals surface area contributed by atoms with E-state index in [0.717, 1.165) is 11.1 Å². The van der Waals surface area contributed by atoms with Crippen molar-refractivity contribution in [3.05, 3.63) is 64.7 Å². The van der Waals surface area contributed by atoms with Gasteiger partial charge in [0.15, 0.2) is 5.11 Å². The normalized spacial score (nSPS) is 10.3. The summed E-state index contributed by atoms with van der Waals surface area (Å²) in [5.74, 6) is -0.549. The molecule has 168 valence electrons. The lowest BCUT2D eigenvalue weighted by Crippen LogP contribution is -2.48. The number of hydrogen-bond acceptors (Lipinski definition) is 5. The summed E-state index contributed by atoms with van der Waals surface area (Å²) in [6, 6.07) is 12.3. The Morgan fingerprint density at radius 2 is 1.72 bits per heavy atom. The van der Waals surface area contributed by atoms with E-state index in [9.17, 15) is 14.4 Å². The molecule has 0 unspecified atom stereocenters. The Bertz CT molecular complexity index is 1030. The first kappa shape index (κ1) is 24.8. The molecule has 2 aromatic rings. The van der Waals surface area contributed by atoms with Crippen molar-refractivity contribution in [1.82, 2.24) is 16.2 Å². The van der Waals surface area contributed by atoms with E-state index in [1.165, 1.54) is 6.08 Å². The fourth-order valence-electron chi connectivity index (χ4n) is 2.44. The molecule has 2 rings (SSSR count). The highest BCUT2D eigenvalue weighted by atomic mass is 35.5. The molecule has 0 aromatic heterocycles. The van der Waals surface area contributed by atoms with Crippen LogP contribution in [0.2, 0.25) is 5.02 Å². The third-order valence-corrected chi connectivity index (χ3v) is 4.83. The molecule has 0 bridgehead atoms. The summed E-state index contributed by atoms with van der Waals surface area (Å²) in [6.45, 7) is 1.79. The number of halogens is 1. The van der Waals surface area contributed by atoms with Crippen molar-refractivity contribution < 1.29 is 19.1 Å². The van der Waals surface area contributed by atoms with Crippen LogP contribution in [0.5, 0.6) is 5.75 Å². The Morgan fingerprint density at radius 1 is 1.03 bits per heavy atom. The van der Waals surface area contributed by atoms with Crippen LogP contribution in [0.15, 0.2) is 48.5 Å². The van der Waals surface area contributed by atoms with E-state index in [-0.39, 0.29) is 23.9 Å². The van der Waals surface area contributed by atoms with Gasteiger partial charge in [0.2, 0.25) is 17.7 Å². The molecule has 0 spiro atoms. The van der Waals surface area contributed by atoms with Crippen LogP contribution in [0, 0.1) is 6.92 Å². The van der Waals surface area contributed by atoms with Crippen molar-refractivity contribution in [2.45, 2.75) is 19.8 Å². The highest BCUT2D eigenvalue weighted by Gasteiger charge is 2.10. The molecule has 0 radical (unpaired) electrons. The molecule has 0 fully saturated rings. The lowest BCUT2D eigenvalue weighted by atomic mass is 10.2. The second-order valence-corrected chi connectivity index (χ2v) is 7.37. The van der Waals surface area contributed by atoms with Crippen LogP contribution in [0.1, 0.15) is 24.0 Å². The summed E-state index contributed by atoms with van der Waals surface area (Å²) >= 11 is 11.0. The molecular formula is C22H23ClN4O4S. The minimum absolute atomic E-state index is 0.0385. The second-order valence-electron chi connectivity index (χ2n) is 6.56. The summed E-state index contributed by atoms with van der Waals surface area (Å²) < 4.78 is 5.07. The van der Waals surface area contributed by atoms with E-state index in [1.54, 1.807) is 62.6 Å². The zero-order chi connectivity index (χ0) is 23.5. The summed E-state index contributed by atoms with van der Waals surface area (Å²) in [6.07, 6.45) is 2.80. The van der Waals surface area contributed by atoms with E-state index >= 15 is 0 Å². The van der Waals surface area contributed by atoms with Crippen LogP contribution < -0.4 is 26.2 Å². The number of benzene rings is 2. The third kappa shape index (κ3) is 8.37. The zero-order valence-electron chi connectivity index (χ0n) is 17.5. The number of nitrogens with one attached hydrogen (secondary N) is 4. The van der Waals surface area contributed by atoms with Gasteiger partial charge < -0.3 is 10.1 Å². The molecule has 8 nitrogen and oxygen atoms in total. The number of methoxy groups -OCH3 is 1. The van der Waals surface area contributed by atoms with Gasteiger partial charge in [-0.1, -0.05) is 29.8 Å². The number of carbonyl (C=O) groups is 3. The van der Waals surface area contributed by atoms with Crippen molar-refractivity contribution >= 4 is 58.4 Å². The van der Waals surface area contributed by atoms with E-state index in [1.807, 2.05) is 0 Å². The average Bonchev–Trinajstić information content (AvgIpc) is 2.78. The van der Waals surface area contributed by atoms with Gasteiger partial charge in [0.25, 0.3) is 0 Å². The standard InChI is InChI=1S/C22H23ClN4O4S/c1-14-17(23)4-3-5-18(14)24-19(28)12-13-21(30)26-27-22(32)25-20(29)11-8-15-6-9-16(31-2)10-7-15/h3-11H,12-13H2,1-2H3,(H,24,28)(H,26,30)(H2,25,27,29,32)/b11-8+. The van der Waals surface area contributed by atoms with Gasteiger partial charge in [0, 0.05) is 29.6 Å². The quantitative estimate of drug-likeness (QED) is 0.279. The number of carbonyl (C=O) groups excluding carboxylic acids is 3. The molecule has 2 aromatic carbocycles. The number of amides is 3. The van der Waals surface area contributed by atoms with Crippen molar-refractivity contribution in [2.24, 2.45) is 0 Å². The molecule has 10 heteroatoms. The largest absolute Gasteiger partial charge is 0.497 e. The molecule has 3 amide bonds. The number of rotatable bonds is 7. The summed E-state index contributed by atoms with van der Waals surface area (Å²) in [5, 5.41) is 5.57. The third-order valence-electron chi connectivity index (χ3n) is 4.22. The minimum Gasteiger partial charge on any atom is -0.497 e. The van der Waals surface area contributed by atoms with Crippen molar-refractivity contribution in [2.75, 3.05) is 12.4 Å². The Morgan fingerprint density at radius 3 is 2.41 bits per heavy atom. The summed E-state index contributed by atoms with van der Waals surface area (Å²) in [7, 11) is 1.57. The van der Waals surface area contributed by atoms with Crippen molar-refractivity contribution in [1.29, 1.82) is 0 Å². The van der Waals surface area contributed by atoms with Crippen LogP contribution in [-0.2, 0) is 14.4 Å². The molecule has 0 aliphatic rings. The van der Waals surface area contributed by atoms with Gasteiger partial charge in [-0.25, -0.2) is 0 Å². The van der Waals surface area contributed by atoms with E-state index in [2.05, 4.69) is 21.5 Å². The Labute approximate surface area is 196 Å². The molecule has 0 atom stereocenters. The van der Waals surface area contributed by atoms with Crippen LogP contribution in [-0.4, -0.2) is 29.9 Å². The minimum atomic E-state index is -0.469. The maximum Gasteiger partial charge on any atom is 0.250 e. The van der Waals surface area contributed by atoms with E-state index in [0.29, 0.717) is 16.5 Å². The lowest BCUT2D eigenvalue weighted by molar-refractivity contribution is -0.124. The number of hydrazine groups is 1. The van der Waals surface area contributed by atoms with Crippen LogP contribution >= 0.6 is 23.8 Å². The topological polar surface area (TPSA) is 109 Å². The first-order valence-electron chi connectivity index (χ1n) is 9.55. The van der Waals surface area contributed by atoms with Gasteiger partial charge >= 0.3 is 0 Å². The van der Waals surface area contributed by atoms with Crippen molar-refractivity contribution in [3.8, 4) is 5.75 Å². The Balaban J connectivity index is 1.68. The number of anilines is 1. The monoisotopic (exact) mass is 474 g/mol. The molecular weight excluding hydrogens is 452 g/mol. The predicted octanol–water partition coefficient (Wildman–Crippen LogP) is 3.11. The van der Waals surface area contributed by atoms with Gasteiger partial charge in [0.1, 0.15) is 5.75 Å². The van der Waals surface area contributed by atoms with Crippen LogP contribution in [0.4, 0.5) is 5.69 Å². The van der Waals surface area contributed by atoms with Gasteiger partial charge in [-0.3, -0.25) is 30.6 Å². The van der Waals surface area contributed by atoms with Gasteiger partial charge in [0.05, 0.1) is 7.11 Å². The average molecular weight is 475 g/mol. The number of thiocarbonyl (C=S) groups is 1. The van der Waals surface area contributed by atoms with Crippen LogP contribution in [0.25, 0.3) is 6.08 Å². The fraction of sp³-hybridized carbons (Fsp3) is 0.182. The molecule has 0 saturated heterocycles. The van der Waals surface area contributed by atoms with E-state index in [4.69, 9.17) is 28.6 Å². The maximum atomic E-state index is 12.0. The Kier molecular flexibility index (Phi) is 9.65. The maximum absolute atomic E-state index is 12.0. The van der Waals surface area contributed by atoms with Gasteiger partial charge in [-0.05, 0) is 60.6 Å². The van der Waals surface area contributed by atoms with Gasteiger partial charge in [-0.2, -0.15) is 0 Å². The smallest absolute Gasteiger partial charge is 0.250 e. The van der Waals surface area contributed by atoms with Gasteiger partial charge in [-0.15, -0.1) is 0 Å². The Hall–Kier alpha value is -3.43. The molecule has 0 saturated carbocycles. The SMILES string of the molecule is COc1ccc(/C=C/C(=O)NC(=S)NNC(=O)CCC(=O)Nc2cccc(Cl)c2C)cc1. The fourth-order valence-corrected chi connectivity index (χ4v) is 2.77. The van der Waals surface area contributed by atoms with E-state index < -0.39 is 11.8 Å². The zero-order valence-corrected chi connectivity index (χ0v) is 19.1. The molecule has 32 heavy (non-hydrogen) atoms. The summed E-state index contributed by atoms with van der Waals surface area (Å²) in [5.41, 5.74) is 6.89. The second kappa shape index (κ2) is 12.4. The first-order valence-corrected chi connectivity index (χ1v) is 10.3. The summed E-state index contributed by atoms with van der Waals surface area (Å²) in [4.78, 5) is 35.8. The van der Waals surface area contributed by atoms with Crippen molar-refractivity contribution in [3.63, 3.8) is 0 Å². The lowest BCUT2D eigenvalue weighted by Gasteiger charge is -2.11. The molecule has 0 aliphatic heterocycles. The molecule has 4 N–H and O–H groups in total. The van der Waals surface area contributed by atoms with Crippen LogP contribution in [0.3, 0.4) is 0 Å². The number of hydrogen-bond donors (Lipinski definition) is 4. The molecule has 0 aliphatic carbocycles. The highest BCUT2D eigenvalue weighted by molar-refractivity contribution is 7.80. The number of ether oxygens (including phenoxy) is 1.